The van der Waals surface area contributed by atoms with Crippen LogP contribution in [-0.4, -0.2) is 8.42 Å². The summed E-state index contributed by atoms with van der Waals surface area (Å²) in [6, 6.07) is 8.06. The number of nitrogens with zero attached hydrogens (tertiary/aromatic N) is 1. The molecular formula is C14H8ClF2NO2S. The van der Waals surface area contributed by atoms with Gasteiger partial charge >= 0.3 is 0 Å². The maximum atomic E-state index is 13.2. The Morgan fingerprint density at radius 1 is 1.14 bits per heavy atom. The van der Waals surface area contributed by atoms with Gasteiger partial charge in [-0.05, 0) is 42.0 Å². The zero-order chi connectivity index (χ0) is 15.6. The molecule has 0 aromatic heterocycles. The molecule has 0 fully saturated rings. The van der Waals surface area contributed by atoms with Crippen molar-refractivity contribution in [2.75, 3.05) is 0 Å². The second kappa shape index (κ2) is 5.80. The van der Waals surface area contributed by atoms with Crippen molar-refractivity contribution in [3.05, 3.63) is 64.2 Å². The van der Waals surface area contributed by atoms with Crippen LogP contribution in [0.5, 0.6) is 0 Å². The monoisotopic (exact) mass is 327 g/mol. The predicted octanol–water partition coefficient (Wildman–Crippen LogP) is 3.46. The first-order valence-electron chi connectivity index (χ1n) is 5.70. The molecule has 21 heavy (non-hydrogen) atoms. The number of sulfone groups is 1. The number of halogens is 3. The minimum absolute atomic E-state index is 0.0398. The quantitative estimate of drug-likeness (QED) is 0.811. The van der Waals surface area contributed by atoms with E-state index in [2.05, 4.69) is 0 Å². The predicted molar refractivity (Wildman–Crippen MR) is 73.4 cm³/mol. The van der Waals surface area contributed by atoms with Gasteiger partial charge < -0.3 is 0 Å². The van der Waals surface area contributed by atoms with Crippen LogP contribution in [0.15, 0.2) is 41.3 Å². The van der Waals surface area contributed by atoms with Crippen LogP contribution in [-0.2, 0) is 15.6 Å². The highest BCUT2D eigenvalue weighted by Crippen LogP contribution is 2.23. The lowest BCUT2D eigenvalue weighted by Crippen LogP contribution is -2.07. The van der Waals surface area contributed by atoms with Gasteiger partial charge in [-0.1, -0.05) is 11.6 Å². The maximum absolute atomic E-state index is 13.2. The van der Waals surface area contributed by atoms with Gasteiger partial charge in [0.25, 0.3) is 0 Å². The van der Waals surface area contributed by atoms with Gasteiger partial charge in [0.2, 0.25) is 0 Å². The van der Waals surface area contributed by atoms with Gasteiger partial charge in [-0.2, -0.15) is 5.26 Å². The molecule has 0 atom stereocenters. The SMILES string of the molecule is N#Cc1ccc(F)cc1CS(=O)(=O)c1ccc(F)c(Cl)c1. The van der Waals surface area contributed by atoms with Crippen LogP contribution in [0.3, 0.4) is 0 Å². The lowest BCUT2D eigenvalue weighted by Gasteiger charge is -2.07. The Balaban J connectivity index is 2.45. The van der Waals surface area contributed by atoms with Crippen molar-refractivity contribution >= 4 is 21.4 Å². The molecule has 0 radical (unpaired) electrons. The van der Waals surface area contributed by atoms with E-state index < -0.39 is 27.2 Å². The zero-order valence-electron chi connectivity index (χ0n) is 10.5. The normalized spacial score (nSPS) is 11.1. The summed E-state index contributed by atoms with van der Waals surface area (Å²) in [6.07, 6.45) is 0. The largest absolute Gasteiger partial charge is 0.223 e. The topological polar surface area (TPSA) is 57.9 Å². The molecule has 0 aliphatic rings. The summed E-state index contributed by atoms with van der Waals surface area (Å²) in [6.45, 7) is 0. The van der Waals surface area contributed by atoms with Crippen LogP contribution in [0.2, 0.25) is 5.02 Å². The van der Waals surface area contributed by atoms with Crippen molar-refractivity contribution in [1.29, 1.82) is 5.26 Å². The highest BCUT2D eigenvalue weighted by atomic mass is 35.5. The van der Waals surface area contributed by atoms with Gasteiger partial charge in [0, 0.05) is 0 Å². The third kappa shape index (κ3) is 3.38. The molecule has 0 spiro atoms. The van der Waals surface area contributed by atoms with E-state index in [0.29, 0.717) is 0 Å². The Bertz CT molecular complexity index is 845. The van der Waals surface area contributed by atoms with Gasteiger partial charge in [-0.25, -0.2) is 17.2 Å². The molecule has 2 aromatic carbocycles. The molecule has 3 nitrogen and oxygen atoms in total. The lowest BCUT2D eigenvalue weighted by atomic mass is 10.1. The molecule has 0 unspecified atom stereocenters. The second-order valence-corrected chi connectivity index (χ2v) is 6.65. The number of rotatable bonds is 3. The van der Waals surface area contributed by atoms with Gasteiger partial charge in [0.15, 0.2) is 9.84 Å². The van der Waals surface area contributed by atoms with Crippen LogP contribution in [0.4, 0.5) is 8.78 Å². The van der Waals surface area contributed by atoms with Gasteiger partial charge in [0.05, 0.1) is 27.3 Å². The Hall–Kier alpha value is -1.97. The van der Waals surface area contributed by atoms with Crippen molar-refractivity contribution in [3.8, 4) is 6.07 Å². The first-order chi connectivity index (χ1) is 9.83. The molecule has 0 aliphatic carbocycles. The number of hydrogen-bond donors (Lipinski definition) is 0. The molecule has 0 saturated carbocycles. The summed E-state index contributed by atoms with van der Waals surface area (Å²) in [4.78, 5) is -0.193. The maximum Gasteiger partial charge on any atom is 0.182 e. The standard InChI is InChI=1S/C14H8ClF2NO2S/c15-13-6-12(3-4-14(13)17)21(19,20)8-10-5-11(16)2-1-9(10)7-18/h1-6H,8H2. The zero-order valence-corrected chi connectivity index (χ0v) is 12.0. The first kappa shape index (κ1) is 15.4. The summed E-state index contributed by atoms with van der Waals surface area (Å²) < 4.78 is 50.7. The summed E-state index contributed by atoms with van der Waals surface area (Å²) in [5.41, 5.74) is 0.103. The van der Waals surface area contributed by atoms with E-state index in [1.54, 1.807) is 6.07 Å². The Morgan fingerprint density at radius 3 is 2.48 bits per heavy atom. The van der Waals surface area contributed by atoms with E-state index in [4.69, 9.17) is 16.9 Å². The van der Waals surface area contributed by atoms with Crippen molar-refractivity contribution in [2.45, 2.75) is 10.6 Å². The van der Waals surface area contributed by atoms with E-state index in [1.807, 2.05) is 0 Å². The number of hydrogen-bond acceptors (Lipinski definition) is 3. The van der Waals surface area contributed by atoms with Crippen molar-refractivity contribution < 1.29 is 17.2 Å². The fourth-order valence-electron chi connectivity index (χ4n) is 1.75. The lowest BCUT2D eigenvalue weighted by molar-refractivity contribution is 0.593. The van der Waals surface area contributed by atoms with Gasteiger partial charge in [-0.3, -0.25) is 0 Å². The molecule has 0 amide bonds. The molecule has 0 N–H and O–H groups in total. The van der Waals surface area contributed by atoms with Crippen LogP contribution >= 0.6 is 11.6 Å². The van der Waals surface area contributed by atoms with Crippen molar-refractivity contribution in [1.82, 2.24) is 0 Å². The summed E-state index contributed by atoms with van der Waals surface area (Å²) >= 11 is 5.55. The van der Waals surface area contributed by atoms with Crippen molar-refractivity contribution in [2.24, 2.45) is 0 Å². The summed E-state index contributed by atoms with van der Waals surface area (Å²) in [5.74, 6) is -1.95. The Kier molecular flexibility index (Phi) is 4.26. The summed E-state index contributed by atoms with van der Waals surface area (Å²) in [7, 11) is -3.87. The fraction of sp³-hybridized carbons (Fsp3) is 0.0714. The molecule has 2 rings (SSSR count). The minimum Gasteiger partial charge on any atom is -0.223 e. The molecule has 108 valence electrons. The van der Waals surface area contributed by atoms with E-state index in [9.17, 15) is 17.2 Å². The smallest absolute Gasteiger partial charge is 0.182 e. The highest BCUT2D eigenvalue weighted by Gasteiger charge is 2.19. The minimum atomic E-state index is -3.87. The van der Waals surface area contributed by atoms with Crippen molar-refractivity contribution in [3.63, 3.8) is 0 Å². The number of benzene rings is 2. The van der Waals surface area contributed by atoms with E-state index in [1.165, 1.54) is 6.07 Å². The molecule has 0 aliphatic heterocycles. The van der Waals surface area contributed by atoms with E-state index in [-0.39, 0.29) is 21.0 Å². The van der Waals surface area contributed by atoms with Crippen LogP contribution in [0, 0.1) is 23.0 Å². The van der Waals surface area contributed by atoms with Gasteiger partial charge in [-0.15, -0.1) is 0 Å². The molecular weight excluding hydrogens is 320 g/mol. The van der Waals surface area contributed by atoms with Crippen LogP contribution in [0.1, 0.15) is 11.1 Å². The van der Waals surface area contributed by atoms with Crippen LogP contribution < -0.4 is 0 Å². The molecule has 2 aromatic rings. The molecule has 0 saturated heterocycles. The average molecular weight is 328 g/mol. The molecule has 0 bridgehead atoms. The summed E-state index contributed by atoms with van der Waals surface area (Å²) in [5, 5.41) is 8.60. The Labute approximate surface area is 125 Å². The van der Waals surface area contributed by atoms with E-state index in [0.717, 1.165) is 30.3 Å². The third-order valence-electron chi connectivity index (χ3n) is 2.78. The van der Waals surface area contributed by atoms with E-state index >= 15 is 0 Å². The fourth-order valence-corrected chi connectivity index (χ4v) is 3.38. The molecule has 0 heterocycles. The third-order valence-corrected chi connectivity index (χ3v) is 4.74. The number of nitriles is 1. The molecule has 7 heteroatoms. The average Bonchev–Trinajstić information content (AvgIpc) is 2.41. The first-order valence-corrected chi connectivity index (χ1v) is 7.73. The van der Waals surface area contributed by atoms with Gasteiger partial charge in [0.1, 0.15) is 11.6 Å². The second-order valence-electron chi connectivity index (χ2n) is 4.25. The van der Waals surface area contributed by atoms with Crippen LogP contribution in [0.25, 0.3) is 0 Å². The highest BCUT2D eigenvalue weighted by molar-refractivity contribution is 7.90. The Morgan fingerprint density at radius 2 is 1.86 bits per heavy atom.